The number of carboxylic acid groups (broad SMARTS) is 1. The first-order valence-electron chi connectivity index (χ1n) is 6.50. The molecule has 0 bridgehead atoms. The first-order chi connectivity index (χ1) is 9.86. The molecular formula is C12H19N3O6. The number of hydrogen-bond acceptors (Lipinski definition) is 5. The maximum Gasteiger partial charge on any atom is 0.328 e. The summed E-state index contributed by atoms with van der Waals surface area (Å²) in [5, 5.41) is 8.81. The third-order valence-electron chi connectivity index (χ3n) is 3.17. The molecule has 1 heterocycles. The van der Waals surface area contributed by atoms with Crippen molar-refractivity contribution in [2.45, 2.75) is 25.3 Å². The van der Waals surface area contributed by atoms with Crippen LogP contribution in [-0.4, -0.2) is 71.6 Å². The molecule has 3 N–H and O–H groups in total. The van der Waals surface area contributed by atoms with Gasteiger partial charge in [0.25, 0.3) is 0 Å². The van der Waals surface area contributed by atoms with Crippen molar-refractivity contribution < 1.29 is 29.0 Å². The van der Waals surface area contributed by atoms with Crippen molar-refractivity contribution >= 4 is 23.9 Å². The molecule has 0 aromatic carbocycles. The van der Waals surface area contributed by atoms with E-state index >= 15 is 0 Å². The number of primary amides is 1. The number of hydrogen-bond donors (Lipinski definition) is 2. The first-order valence-corrected chi connectivity index (χ1v) is 6.50. The lowest BCUT2D eigenvalue weighted by Crippen LogP contribution is -2.55. The number of methoxy groups -OCH3 is 1. The van der Waals surface area contributed by atoms with Gasteiger partial charge in [-0.25, -0.2) is 9.59 Å². The molecule has 1 saturated heterocycles. The number of carbonyl (C=O) groups excluding carboxylic acids is 3. The van der Waals surface area contributed by atoms with Crippen molar-refractivity contribution in [2.75, 3.05) is 26.7 Å². The van der Waals surface area contributed by atoms with Gasteiger partial charge in [0, 0.05) is 6.54 Å². The number of carbonyl (C=O) groups is 4. The number of likely N-dealkylation sites (tertiary alicyclic amines) is 1. The van der Waals surface area contributed by atoms with E-state index in [0.29, 0.717) is 19.4 Å². The van der Waals surface area contributed by atoms with E-state index in [1.165, 1.54) is 12.0 Å². The van der Waals surface area contributed by atoms with Gasteiger partial charge in [0.15, 0.2) is 0 Å². The summed E-state index contributed by atoms with van der Waals surface area (Å²) in [6.07, 6.45) is 1.89. The Morgan fingerprint density at radius 3 is 2.48 bits per heavy atom. The smallest absolute Gasteiger partial charge is 0.328 e. The van der Waals surface area contributed by atoms with Gasteiger partial charge in [-0.05, 0) is 19.3 Å². The third-order valence-corrected chi connectivity index (χ3v) is 3.17. The Morgan fingerprint density at radius 2 is 1.95 bits per heavy atom. The van der Waals surface area contributed by atoms with Crippen LogP contribution in [-0.2, 0) is 19.1 Å². The molecule has 3 amide bonds. The Hall–Kier alpha value is -2.32. The summed E-state index contributed by atoms with van der Waals surface area (Å²) in [7, 11) is 1.22. The molecule has 0 saturated carbocycles. The molecule has 0 radical (unpaired) electrons. The standard InChI is InChI=1S/C12H19N3O6/c1-21-11(19)8-4-2-3-5-15(8)12(20)14(6-9(13)16)7-10(17)18/h8H,2-7H2,1H3,(H2,13,16)(H,17,18). The van der Waals surface area contributed by atoms with Crippen LogP contribution >= 0.6 is 0 Å². The fourth-order valence-corrected chi connectivity index (χ4v) is 2.27. The largest absolute Gasteiger partial charge is 0.480 e. The zero-order valence-electron chi connectivity index (χ0n) is 11.8. The van der Waals surface area contributed by atoms with Crippen LogP contribution in [0.1, 0.15) is 19.3 Å². The molecule has 1 rings (SSSR count). The Kier molecular flexibility index (Phi) is 5.94. The van der Waals surface area contributed by atoms with Gasteiger partial charge in [-0.3, -0.25) is 9.59 Å². The SMILES string of the molecule is COC(=O)C1CCCCN1C(=O)N(CC(N)=O)CC(=O)O. The lowest BCUT2D eigenvalue weighted by atomic mass is 10.0. The summed E-state index contributed by atoms with van der Waals surface area (Å²) in [5.41, 5.74) is 5.02. The van der Waals surface area contributed by atoms with Gasteiger partial charge in [-0.1, -0.05) is 0 Å². The van der Waals surface area contributed by atoms with Crippen LogP contribution in [0.4, 0.5) is 4.79 Å². The van der Waals surface area contributed by atoms with Gasteiger partial charge < -0.3 is 25.4 Å². The van der Waals surface area contributed by atoms with Crippen LogP contribution in [0.5, 0.6) is 0 Å². The third kappa shape index (κ3) is 4.62. The second-order valence-electron chi connectivity index (χ2n) is 4.73. The van der Waals surface area contributed by atoms with E-state index in [-0.39, 0.29) is 0 Å². The zero-order valence-corrected chi connectivity index (χ0v) is 11.8. The van der Waals surface area contributed by atoms with Crippen LogP contribution in [0.3, 0.4) is 0 Å². The van der Waals surface area contributed by atoms with E-state index in [1.54, 1.807) is 0 Å². The van der Waals surface area contributed by atoms with Crippen molar-refractivity contribution in [3.8, 4) is 0 Å². The molecule has 9 heteroatoms. The van der Waals surface area contributed by atoms with Gasteiger partial charge >= 0.3 is 18.0 Å². The number of esters is 1. The fraction of sp³-hybridized carbons (Fsp3) is 0.667. The number of ether oxygens (including phenoxy) is 1. The van der Waals surface area contributed by atoms with Crippen molar-refractivity contribution in [3.63, 3.8) is 0 Å². The summed E-state index contributed by atoms with van der Waals surface area (Å²) < 4.78 is 4.65. The minimum Gasteiger partial charge on any atom is -0.480 e. The lowest BCUT2D eigenvalue weighted by Gasteiger charge is -2.36. The molecule has 9 nitrogen and oxygen atoms in total. The van der Waals surface area contributed by atoms with Crippen molar-refractivity contribution in [1.82, 2.24) is 9.80 Å². The van der Waals surface area contributed by atoms with Crippen LogP contribution in [0.2, 0.25) is 0 Å². The molecule has 118 valence electrons. The monoisotopic (exact) mass is 301 g/mol. The minimum absolute atomic E-state index is 0.299. The Bertz CT molecular complexity index is 423. The van der Waals surface area contributed by atoms with Gasteiger partial charge in [0.05, 0.1) is 7.11 Å². The highest BCUT2D eigenvalue weighted by Crippen LogP contribution is 2.19. The Balaban J connectivity index is 2.90. The van der Waals surface area contributed by atoms with E-state index in [1.807, 2.05) is 0 Å². The minimum atomic E-state index is -1.27. The zero-order chi connectivity index (χ0) is 16.0. The molecule has 0 aliphatic carbocycles. The second-order valence-corrected chi connectivity index (χ2v) is 4.73. The molecule has 0 aromatic rings. The maximum atomic E-state index is 12.4. The van der Waals surface area contributed by atoms with Gasteiger partial charge in [0.1, 0.15) is 19.1 Å². The predicted octanol–water partition coefficient (Wildman–Crippen LogP) is -0.994. The number of amides is 3. The van der Waals surface area contributed by atoms with Crippen molar-refractivity contribution in [1.29, 1.82) is 0 Å². The van der Waals surface area contributed by atoms with Gasteiger partial charge in [-0.2, -0.15) is 0 Å². The summed E-state index contributed by atoms with van der Waals surface area (Å²) in [4.78, 5) is 47.9. The predicted molar refractivity (Wildman–Crippen MR) is 70.2 cm³/mol. The number of aliphatic carboxylic acids is 1. The number of nitrogens with two attached hydrogens (primary N) is 1. The molecule has 21 heavy (non-hydrogen) atoms. The number of rotatable bonds is 5. The topological polar surface area (TPSA) is 130 Å². The van der Waals surface area contributed by atoms with E-state index in [4.69, 9.17) is 10.8 Å². The van der Waals surface area contributed by atoms with Crippen LogP contribution in [0.25, 0.3) is 0 Å². The van der Waals surface area contributed by atoms with Gasteiger partial charge in [0.2, 0.25) is 5.91 Å². The van der Waals surface area contributed by atoms with Crippen molar-refractivity contribution in [2.24, 2.45) is 5.73 Å². The molecule has 1 fully saturated rings. The van der Waals surface area contributed by atoms with E-state index in [2.05, 4.69) is 4.74 Å². The molecule has 1 aliphatic heterocycles. The van der Waals surface area contributed by atoms with Crippen LogP contribution in [0, 0.1) is 0 Å². The fourth-order valence-electron chi connectivity index (χ4n) is 2.27. The number of carboxylic acids is 1. The lowest BCUT2D eigenvalue weighted by molar-refractivity contribution is -0.147. The first kappa shape index (κ1) is 16.7. The average molecular weight is 301 g/mol. The maximum absolute atomic E-state index is 12.4. The van der Waals surface area contributed by atoms with E-state index in [0.717, 1.165) is 11.3 Å². The number of piperidine rings is 1. The molecule has 1 unspecified atom stereocenters. The molecule has 1 aliphatic rings. The molecule has 1 atom stereocenters. The van der Waals surface area contributed by atoms with E-state index < -0.39 is 43.0 Å². The summed E-state index contributed by atoms with van der Waals surface area (Å²) in [5.74, 6) is -2.65. The van der Waals surface area contributed by atoms with Crippen LogP contribution in [0.15, 0.2) is 0 Å². The van der Waals surface area contributed by atoms with Crippen molar-refractivity contribution in [3.05, 3.63) is 0 Å². The highest BCUT2D eigenvalue weighted by atomic mass is 16.5. The normalized spacial score (nSPS) is 18.0. The number of urea groups is 1. The van der Waals surface area contributed by atoms with E-state index in [9.17, 15) is 19.2 Å². The number of nitrogens with zero attached hydrogens (tertiary/aromatic N) is 2. The highest BCUT2D eigenvalue weighted by molar-refractivity contribution is 5.89. The Labute approximate surface area is 121 Å². The average Bonchev–Trinajstić information content (AvgIpc) is 2.44. The second kappa shape index (κ2) is 7.46. The highest BCUT2D eigenvalue weighted by Gasteiger charge is 2.35. The quantitative estimate of drug-likeness (QED) is 0.627. The molecular weight excluding hydrogens is 282 g/mol. The van der Waals surface area contributed by atoms with Gasteiger partial charge in [-0.15, -0.1) is 0 Å². The summed E-state index contributed by atoms with van der Waals surface area (Å²) >= 11 is 0. The summed E-state index contributed by atoms with van der Waals surface area (Å²) in [6, 6.07) is -1.47. The molecule has 0 aromatic heterocycles. The van der Waals surface area contributed by atoms with Crippen LogP contribution < -0.4 is 5.73 Å². The summed E-state index contributed by atoms with van der Waals surface area (Å²) in [6.45, 7) is -0.880. The molecule has 0 spiro atoms. The Morgan fingerprint density at radius 1 is 1.29 bits per heavy atom.